The summed E-state index contributed by atoms with van der Waals surface area (Å²) in [6.07, 6.45) is 6.68. The second-order valence-corrected chi connectivity index (χ2v) is 6.03. The molecule has 0 radical (unpaired) electrons. The van der Waals surface area contributed by atoms with Crippen LogP contribution in [0.25, 0.3) is 0 Å². The van der Waals surface area contributed by atoms with Crippen molar-refractivity contribution in [2.45, 2.75) is 49.4 Å². The Balaban J connectivity index is 1.93. The molecule has 1 saturated carbocycles. The van der Waals surface area contributed by atoms with Crippen LogP contribution in [0.4, 0.5) is 4.79 Å². The molecular formula is C12H20N2O3S. The molecule has 0 bridgehead atoms. The molecule has 6 heteroatoms. The van der Waals surface area contributed by atoms with E-state index < -0.39 is 12.0 Å². The summed E-state index contributed by atoms with van der Waals surface area (Å²) in [7, 11) is 0. The molecule has 1 heterocycles. The summed E-state index contributed by atoms with van der Waals surface area (Å²) in [6.45, 7) is 0.555. The smallest absolute Gasteiger partial charge is 0.326 e. The standard InChI is InChI=1S/C12H20N2O3S/c1-18-10-6-2-4-8(10)13-12(17)14-7-3-5-9(14)11(15)16/h8-10H,2-7H2,1H3,(H,13,17)(H,15,16)/t8?,9-,10?/m1/s1. The number of thioether (sulfide) groups is 1. The summed E-state index contributed by atoms with van der Waals surface area (Å²) in [5, 5.41) is 12.5. The molecule has 18 heavy (non-hydrogen) atoms. The first-order valence-corrected chi connectivity index (χ1v) is 7.75. The van der Waals surface area contributed by atoms with Crippen molar-refractivity contribution >= 4 is 23.8 Å². The third-order valence-corrected chi connectivity index (χ3v) is 5.03. The van der Waals surface area contributed by atoms with Crippen molar-refractivity contribution < 1.29 is 14.7 Å². The Hall–Kier alpha value is -0.910. The zero-order valence-corrected chi connectivity index (χ0v) is 11.4. The van der Waals surface area contributed by atoms with E-state index in [1.807, 2.05) is 0 Å². The van der Waals surface area contributed by atoms with Gasteiger partial charge < -0.3 is 15.3 Å². The number of carbonyl (C=O) groups excluding carboxylic acids is 1. The number of carboxylic acids is 1. The van der Waals surface area contributed by atoms with E-state index in [-0.39, 0.29) is 12.1 Å². The highest BCUT2D eigenvalue weighted by Crippen LogP contribution is 2.29. The predicted octanol–water partition coefficient (Wildman–Crippen LogP) is 1.53. The second kappa shape index (κ2) is 5.82. The van der Waals surface area contributed by atoms with Gasteiger partial charge in [-0.2, -0.15) is 11.8 Å². The van der Waals surface area contributed by atoms with Crippen molar-refractivity contribution in [2.75, 3.05) is 12.8 Å². The lowest BCUT2D eigenvalue weighted by Crippen LogP contribution is -2.50. The van der Waals surface area contributed by atoms with Crippen molar-refractivity contribution in [3.05, 3.63) is 0 Å². The van der Waals surface area contributed by atoms with Crippen LogP contribution in [0.5, 0.6) is 0 Å². The fourth-order valence-electron chi connectivity index (χ4n) is 2.88. The number of aliphatic carboxylic acids is 1. The van der Waals surface area contributed by atoms with Crippen LogP contribution in [0, 0.1) is 0 Å². The van der Waals surface area contributed by atoms with E-state index in [1.165, 1.54) is 4.90 Å². The number of nitrogens with one attached hydrogen (secondary N) is 1. The first-order valence-electron chi connectivity index (χ1n) is 6.46. The number of hydrogen-bond donors (Lipinski definition) is 2. The summed E-state index contributed by atoms with van der Waals surface area (Å²) in [6, 6.07) is -0.646. The van der Waals surface area contributed by atoms with Gasteiger partial charge in [-0.3, -0.25) is 0 Å². The minimum Gasteiger partial charge on any atom is -0.480 e. The van der Waals surface area contributed by atoms with Gasteiger partial charge in [-0.1, -0.05) is 6.42 Å². The van der Waals surface area contributed by atoms with E-state index in [1.54, 1.807) is 11.8 Å². The molecular weight excluding hydrogens is 252 g/mol. The molecule has 2 aliphatic rings. The van der Waals surface area contributed by atoms with Crippen LogP contribution < -0.4 is 5.32 Å². The number of urea groups is 1. The molecule has 102 valence electrons. The Morgan fingerprint density at radius 3 is 2.72 bits per heavy atom. The van der Waals surface area contributed by atoms with Crippen LogP contribution in [-0.4, -0.2) is 52.1 Å². The van der Waals surface area contributed by atoms with Crippen LogP contribution in [-0.2, 0) is 4.79 Å². The fraction of sp³-hybridized carbons (Fsp3) is 0.833. The van der Waals surface area contributed by atoms with Gasteiger partial charge >= 0.3 is 12.0 Å². The number of carbonyl (C=O) groups is 2. The quantitative estimate of drug-likeness (QED) is 0.817. The van der Waals surface area contributed by atoms with E-state index >= 15 is 0 Å². The van der Waals surface area contributed by atoms with E-state index in [4.69, 9.17) is 5.11 Å². The molecule has 0 spiro atoms. The highest BCUT2D eigenvalue weighted by atomic mass is 32.2. The molecule has 0 aromatic rings. The van der Waals surface area contributed by atoms with Crippen molar-refractivity contribution in [2.24, 2.45) is 0 Å². The van der Waals surface area contributed by atoms with E-state index in [0.717, 1.165) is 25.7 Å². The zero-order chi connectivity index (χ0) is 13.1. The van der Waals surface area contributed by atoms with E-state index in [9.17, 15) is 9.59 Å². The molecule has 5 nitrogen and oxygen atoms in total. The van der Waals surface area contributed by atoms with Crippen molar-refractivity contribution in [1.82, 2.24) is 10.2 Å². The first kappa shape index (κ1) is 13.5. The molecule has 0 aromatic heterocycles. The lowest BCUT2D eigenvalue weighted by Gasteiger charge is -2.26. The number of likely N-dealkylation sites (tertiary alicyclic amines) is 1. The van der Waals surface area contributed by atoms with E-state index in [2.05, 4.69) is 11.6 Å². The Kier molecular flexibility index (Phi) is 4.37. The van der Waals surface area contributed by atoms with Gasteiger partial charge in [-0.15, -0.1) is 0 Å². The van der Waals surface area contributed by atoms with Gasteiger partial charge in [0.25, 0.3) is 0 Å². The summed E-state index contributed by atoms with van der Waals surface area (Å²) < 4.78 is 0. The maximum absolute atomic E-state index is 12.1. The molecule has 0 aromatic carbocycles. The monoisotopic (exact) mass is 272 g/mol. The van der Waals surface area contributed by atoms with E-state index in [0.29, 0.717) is 18.2 Å². The van der Waals surface area contributed by atoms with Crippen LogP contribution in [0.2, 0.25) is 0 Å². The third kappa shape index (κ3) is 2.74. The molecule has 2 unspecified atom stereocenters. The summed E-state index contributed by atoms with van der Waals surface area (Å²) >= 11 is 1.78. The Morgan fingerprint density at radius 1 is 1.28 bits per heavy atom. The van der Waals surface area contributed by atoms with Gasteiger partial charge in [0, 0.05) is 17.8 Å². The van der Waals surface area contributed by atoms with Gasteiger partial charge in [0.15, 0.2) is 0 Å². The van der Waals surface area contributed by atoms with Gasteiger partial charge in [-0.25, -0.2) is 9.59 Å². The molecule has 3 atom stereocenters. The maximum Gasteiger partial charge on any atom is 0.326 e. The van der Waals surface area contributed by atoms with Crippen molar-refractivity contribution in [1.29, 1.82) is 0 Å². The molecule has 1 saturated heterocycles. The highest BCUT2D eigenvalue weighted by Gasteiger charge is 2.36. The second-order valence-electron chi connectivity index (χ2n) is 4.95. The summed E-state index contributed by atoms with van der Waals surface area (Å²) in [4.78, 5) is 24.6. The minimum absolute atomic E-state index is 0.197. The highest BCUT2D eigenvalue weighted by molar-refractivity contribution is 7.99. The zero-order valence-electron chi connectivity index (χ0n) is 10.6. The average molecular weight is 272 g/mol. The number of rotatable bonds is 3. The third-order valence-electron chi connectivity index (χ3n) is 3.86. The number of carboxylic acid groups (broad SMARTS) is 1. The minimum atomic E-state index is -0.893. The predicted molar refractivity (Wildman–Crippen MR) is 70.8 cm³/mol. The van der Waals surface area contributed by atoms with Gasteiger partial charge in [0.1, 0.15) is 6.04 Å². The van der Waals surface area contributed by atoms with Crippen LogP contribution in [0.3, 0.4) is 0 Å². The van der Waals surface area contributed by atoms with Crippen LogP contribution >= 0.6 is 11.8 Å². The molecule has 1 aliphatic heterocycles. The average Bonchev–Trinajstić information content (AvgIpc) is 2.96. The molecule has 2 fully saturated rings. The topological polar surface area (TPSA) is 69.6 Å². The number of nitrogens with zero attached hydrogens (tertiary/aromatic N) is 1. The molecule has 2 N–H and O–H groups in total. The lowest BCUT2D eigenvalue weighted by molar-refractivity contribution is -0.141. The fourth-order valence-corrected chi connectivity index (χ4v) is 3.82. The Morgan fingerprint density at radius 2 is 2.06 bits per heavy atom. The number of hydrogen-bond acceptors (Lipinski definition) is 3. The van der Waals surface area contributed by atoms with Crippen molar-refractivity contribution in [3.63, 3.8) is 0 Å². The van der Waals surface area contributed by atoms with Crippen LogP contribution in [0.1, 0.15) is 32.1 Å². The maximum atomic E-state index is 12.1. The summed E-state index contributed by atoms with van der Waals surface area (Å²) in [5.74, 6) is -0.893. The van der Waals surface area contributed by atoms with Gasteiger partial charge in [-0.05, 0) is 31.9 Å². The largest absolute Gasteiger partial charge is 0.480 e. The molecule has 2 rings (SSSR count). The molecule has 2 amide bonds. The van der Waals surface area contributed by atoms with Gasteiger partial charge in [0.2, 0.25) is 0 Å². The Bertz CT molecular complexity index is 337. The van der Waals surface area contributed by atoms with Crippen LogP contribution in [0.15, 0.2) is 0 Å². The summed E-state index contributed by atoms with van der Waals surface area (Å²) in [5.41, 5.74) is 0. The normalized spacial score (nSPS) is 31.6. The SMILES string of the molecule is CSC1CCCC1NC(=O)N1CCC[C@@H]1C(=O)O. The molecule has 1 aliphatic carbocycles. The first-order chi connectivity index (χ1) is 8.63. The lowest BCUT2D eigenvalue weighted by atomic mass is 10.2. The number of amides is 2. The Labute approximate surface area is 111 Å². The van der Waals surface area contributed by atoms with Gasteiger partial charge in [0.05, 0.1) is 0 Å². The van der Waals surface area contributed by atoms with Crippen molar-refractivity contribution in [3.8, 4) is 0 Å².